The second-order valence-electron chi connectivity index (χ2n) is 3.63. The Hall–Kier alpha value is -0.860. The van der Waals surface area contributed by atoms with E-state index in [1.165, 1.54) is 19.3 Å². The molecule has 0 saturated carbocycles. The molecule has 0 bridgehead atoms. The minimum absolute atomic E-state index is 0.145. The zero-order chi connectivity index (χ0) is 10.8. The molecule has 82 valence electrons. The number of Topliss-reactive ketones (excluding diaryl/α,β-unsaturated/α-hetero) is 1. The van der Waals surface area contributed by atoms with Gasteiger partial charge in [-0.05, 0) is 6.42 Å². The number of aliphatic carboxylic acids is 1. The first kappa shape index (κ1) is 13.1. The lowest BCUT2D eigenvalue weighted by molar-refractivity contribution is -0.140. The van der Waals surface area contributed by atoms with Crippen LogP contribution in [0.15, 0.2) is 0 Å². The van der Waals surface area contributed by atoms with Crippen molar-refractivity contribution in [3.8, 4) is 0 Å². The van der Waals surface area contributed by atoms with Crippen molar-refractivity contribution in [2.24, 2.45) is 0 Å². The average Bonchev–Trinajstić information content (AvgIpc) is 2.10. The van der Waals surface area contributed by atoms with Crippen molar-refractivity contribution in [3.05, 3.63) is 0 Å². The smallest absolute Gasteiger partial charge is 0.310 e. The Morgan fingerprint density at radius 1 is 1.00 bits per heavy atom. The molecule has 3 nitrogen and oxygen atoms in total. The Morgan fingerprint density at radius 3 is 2.14 bits per heavy atom. The van der Waals surface area contributed by atoms with E-state index in [1.54, 1.807) is 0 Å². The molecule has 0 fully saturated rings. The maximum absolute atomic E-state index is 11.0. The normalized spacial score (nSPS) is 10.1. The van der Waals surface area contributed by atoms with Gasteiger partial charge in [-0.2, -0.15) is 0 Å². The van der Waals surface area contributed by atoms with Gasteiger partial charge in [0, 0.05) is 6.42 Å². The molecule has 0 spiro atoms. The van der Waals surface area contributed by atoms with Crippen LogP contribution in [0.1, 0.15) is 58.3 Å². The highest BCUT2D eigenvalue weighted by Crippen LogP contribution is 2.07. The third kappa shape index (κ3) is 9.23. The molecular formula is C11H20O3. The zero-order valence-corrected chi connectivity index (χ0v) is 8.92. The summed E-state index contributed by atoms with van der Waals surface area (Å²) in [6.45, 7) is 2.16. The van der Waals surface area contributed by atoms with Gasteiger partial charge < -0.3 is 5.11 Å². The Morgan fingerprint density at radius 2 is 1.57 bits per heavy atom. The highest BCUT2D eigenvalue weighted by atomic mass is 16.4. The van der Waals surface area contributed by atoms with E-state index in [0.717, 1.165) is 19.3 Å². The van der Waals surface area contributed by atoms with E-state index >= 15 is 0 Å². The van der Waals surface area contributed by atoms with Crippen LogP contribution in [0.3, 0.4) is 0 Å². The van der Waals surface area contributed by atoms with Gasteiger partial charge in [0.05, 0.1) is 0 Å². The first-order valence-corrected chi connectivity index (χ1v) is 5.40. The molecule has 0 radical (unpaired) electrons. The molecule has 0 heterocycles. The predicted molar refractivity (Wildman–Crippen MR) is 55.3 cm³/mol. The van der Waals surface area contributed by atoms with E-state index in [4.69, 9.17) is 5.11 Å². The molecule has 0 aliphatic heterocycles. The van der Waals surface area contributed by atoms with Gasteiger partial charge in [-0.3, -0.25) is 9.59 Å². The van der Waals surface area contributed by atoms with Crippen LogP contribution in [0.4, 0.5) is 0 Å². The van der Waals surface area contributed by atoms with Crippen LogP contribution in [-0.4, -0.2) is 16.9 Å². The summed E-state index contributed by atoms with van der Waals surface area (Å²) in [6, 6.07) is 0. The topological polar surface area (TPSA) is 54.4 Å². The minimum Gasteiger partial charge on any atom is -0.481 e. The molecular weight excluding hydrogens is 180 g/mol. The van der Waals surface area contributed by atoms with E-state index in [0.29, 0.717) is 6.42 Å². The van der Waals surface area contributed by atoms with Crippen molar-refractivity contribution in [3.63, 3.8) is 0 Å². The first-order chi connectivity index (χ1) is 6.66. The average molecular weight is 200 g/mol. The van der Waals surface area contributed by atoms with Gasteiger partial charge in [0.15, 0.2) is 0 Å². The van der Waals surface area contributed by atoms with Gasteiger partial charge in [-0.15, -0.1) is 0 Å². The number of carboxylic acids is 1. The molecule has 14 heavy (non-hydrogen) atoms. The Balaban J connectivity index is 3.19. The number of carbonyl (C=O) groups excluding carboxylic acids is 1. The maximum Gasteiger partial charge on any atom is 0.310 e. The third-order valence-corrected chi connectivity index (χ3v) is 2.16. The highest BCUT2D eigenvalue weighted by molar-refractivity contribution is 5.94. The second kappa shape index (κ2) is 8.73. The number of carbonyl (C=O) groups is 2. The molecule has 0 aromatic heterocycles. The van der Waals surface area contributed by atoms with E-state index < -0.39 is 5.97 Å². The maximum atomic E-state index is 11.0. The van der Waals surface area contributed by atoms with Gasteiger partial charge >= 0.3 is 5.97 Å². The van der Waals surface area contributed by atoms with Crippen LogP contribution in [0, 0.1) is 0 Å². The fourth-order valence-corrected chi connectivity index (χ4v) is 1.36. The van der Waals surface area contributed by atoms with Crippen LogP contribution >= 0.6 is 0 Å². The molecule has 0 amide bonds. The SMILES string of the molecule is CCCCCCCCC(=O)CC(=O)O. The minimum atomic E-state index is -1.01. The number of hydrogen-bond donors (Lipinski definition) is 1. The quantitative estimate of drug-likeness (QED) is 0.460. The van der Waals surface area contributed by atoms with Crippen LogP contribution in [0.2, 0.25) is 0 Å². The Kier molecular flexibility index (Phi) is 8.19. The Labute approximate surface area is 85.5 Å². The van der Waals surface area contributed by atoms with Crippen molar-refractivity contribution >= 4 is 11.8 Å². The van der Waals surface area contributed by atoms with E-state index in [2.05, 4.69) is 6.92 Å². The third-order valence-electron chi connectivity index (χ3n) is 2.16. The number of carboxylic acid groups (broad SMARTS) is 1. The first-order valence-electron chi connectivity index (χ1n) is 5.40. The summed E-state index contributed by atoms with van der Waals surface area (Å²) in [7, 11) is 0. The van der Waals surface area contributed by atoms with Crippen LogP contribution in [0.25, 0.3) is 0 Å². The van der Waals surface area contributed by atoms with Crippen LogP contribution in [0.5, 0.6) is 0 Å². The molecule has 0 rings (SSSR count). The van der Waals surface area contributed by atoms with Crippen molar-refractivity contribution in [1.82, 2.24) is 0 Å². The summed E-state index contributed by atoms with van der Waals surface area (Å²) in [5.74, 6) is -1.16. The number of ketones is 1. The van der Waals surface area contributed by atoms with Gasteiger partial charge in [0.1, 0.15) is 12.2 Å². The molecule has 1 N–H and O–H groups in total. The van der Waals surface area contributed by atoms with Gasteiger partial charge in [0.2, 0.25) is 0 Å². The fraction of sp³-hybridized carbons (Fsp3) is 0.818. The summed E-state index contributed by atoms with van der Waals surface area (Å²) in [6.07, 6.45) is 6.87. The fourth-order valence-electron chi connectivity index (χ4n) is 1.36. The molecule has 0 saturated heterocycles. The molecule has 0 atom stereocenters. The predicted octanol–water partition coefficient (Wildman–Crippen LogP) is 2.78. The monoisotopic (exact) mass is 200 g/mol. The standard InChI is InChI=1S/C11H20O3/c1-2-3-4-5-6-7-8-10(12)9-11(13)14/h2-9H2,1H3,(H,13,14). The van der Waals surface area contributed by atoms with E-state index in [9.17, 15) is 9.59 Å². The largest absolute Gasteiger partial charge is 0.481 e. The molecule has 3 heteroatoms. The summed E-state index contributed by atoms with van der Waals surface area (Å²) in [5.41, 5.74) is 0. The number of rotatable bonds is 9. The van der Waals surface area contributed by atoms with Crippen molar-refractivity contribution in [2.45, 2.75) is 58.3 Å². The van der Waals surface area contributed by atoms with Crippen molar-refractivity contribution in [1.29, 1.82) is 0 Å². The molecule has 0 aromatic rings. The van der Waals surface area contributed by atoms with E-state index in [1.807, 2.05) is 0 Å². The van der Waals surface area contributed by atoms with Gasteiger partial charge in [-0.1, -0.05) is 39.0 Å². The Bertz CT molecular complexity index is 175. The van der Waals surface area contributed by atoms with Crippen LogP contribution in [-0.2, 0) is 9.59 Å². The number of hydrogen-bond acceptors (Lipinski definition) is 2. The van der Waals surface area contributed by atoms with Gasteiger partial charge in [0.25, 0.3) is 0 Å². The lowest BCUT2D eigenvalue weighted by Crippen LogP contribution is -2.05. The van der Waals surface area contributed by atoms with E-state index in [-0.39, 0.29) is 12.2 Å². The van der Waals surface area contributed by atoms with Gasteiger partial charge in [-0.25, -0.2) is 0 Å². The lowest BCUT2D eigenvalue weighted by Gasteiger charge is -1.99. The summed E-state index contributed by atoms with van der Waals surface area (Å²) >= 11 is 0. The molecule has 0 aromatic carbocycles. The second-order valence-corrected chi connectivity index (χ2v) is 3.63. The highest BCUT2D eigenvalue weighted by Gasteiger charge is 2.06. The molecule has 0 aliphatic carbocycles. The van der Waals surface area contributed by atoms with Crippen molar-refractivity contribution < 1.29 is 14.7 Å². The van der Waals surface area contributed by atoms with Crippen molar-refractivity contribution in [2.75, 3.05) is 0 Å². The summed E-state index contributed by atoms with van der Waals surface area (Å²) in [4.78, 5) is 21.1. The molecule has 0 aliphatic rings. The summed E-state index contributed by atoms with van der Waals surface area (Å²) < 4.78 is 0. The summed E-state index contributed by atoms with van der Waals surface area (Å²) in [5, 5.41) is 8.34. The lowest BCUT2D eigenvalue weighted by atomic mass is 10.1. The zero-order valence-electron chi connectivity index (χ0n) is 8.92. The van der Waals surface area contributed by atoms with Crippen LogP contribution < -0.4 is 0 Å². The molecule has 0 unspecified atom stereocenters. The number of unbranched alkanes of at least 4 members (excludes halogenated alkanes) is 5.